The topological polar surface area (TPSA) is 119 Å². The summed E-state index contributed by atoms with van der Waals surface area (Å²) in [5.74, 6) is -2.28. The van der Waals surface area contributed by atoms with Crippen molar-refractivity contribution in [2.45, 2.75) is 25.8 Å². The van der Waals surface area contributed by atoms with Gasteiger partial charge in [0.15, 0.2) is 0 Å². The summed E-state index contributed by atoms with van der Waals surface area (Å²) in [7, 11) is 0. The molecule has 2 atom stereocenters. The van der Waals surface area contributed by atoms with E-state index in [1.54, 1.807) is 0 Å². The number of hydrogen-bond acceptors (Lipinski definition) is 4. The largest absolute Gasteiger partial charge is 0.481 e. The number of hydrogen-bond donors (Lipinski definition) is 4. The molecule has 0 bridgehead atoms. The van der Waals surface area contributed by atoms with Crippen LogP contribution < -0.4 is 10.6 Å². The van der Waals surface area contributed by atoms with Gasteiger partial charge in [0.05, 0.1) is 6.42 Å². The minimum atomic E-state index is -1.41. The fraction of sp³-hybridized carbons (Fsp3) is 0.750. The zero-order valence-corrected chi connectivity index (χ0v) is 11.5. The maximum Gasteiger partial charge on any atom is 0.326 e. The van der Waals surface area contributed by atoms with Crippen LogP contribution in [-0.2, 0) is 9.59 Å². The monoisotopic (exact) mass is 287 g/mol. The Morgan fingerprint density at radius 3 is 2.55 bits per heavy atom. The molecule has 0 aromatic carbocycles. The Balaban J connectivity index is 2.31. The first-order valence-electron chi connectivity index (χ1n) is 6.63. The fourth-order valence-corrected chi connectivity index (χ4v) is 2.19. The Bertz CT molecular complexity index is 374. The number of carbonyl (C=O) groups excluding carboxylic acids is 1. The lowest BCUT2D eigenvalue weighted by atomic mass is 10.1. The van der Waals surface area contributed by atoms with E-state index in [1.165, 1.54) is 0 Å². The van der Waals surface area contributed by atoms with E-state index in [0.717, 1.165) is 26.1 Å². The van der Waals surface area contributed by atoms with E-state index >= 15 is 0 Å². The van der Waals surface area contributed by atoms with Crippen LogP contribution in [0, 0.1) is 5.92 Å². The number of likely N-dealkylation sites (tertiary alicyclic amines) is 1. The summed E-state index contributed by atoms with van der Waals surface area (Å²) in [6.45, 7) is 5.42. The minimum Gasteiger partial charge on any atom is -0.481 e. The molecule has 1 fully saturated rings. The third-order valence-corrected chi connectivity index (χ3v) is 3.35. The van der Waals surface area contributed by atoms with Crippen LogP contribution in [0.2, 0.25) is 0 Å². The predicted molar refractivity (Wildman–Crippen MR) is 70.4 cm³/mol. The number of rotatable bonds is 7. The van der Waals surface area contributed by atoms with Crippen LogP contribution in [0.1, 0.15) is 19.8 Å². The van der Waals surface area contributed by atoms with Gasteiger partial charge in [-0.1, -0.05) is 6.92 Å². The van der Waals surface area contributed by atoms with Gasteiger partial charge >= 0.3 is 18.0 Å². The molecule has 8 nitrogen and oxygen atoms in total. The third kappa shape index (κ3) is 5.43. The number of carboxylic acid groups (broad SMARTS) is 2. The second-order valence-corrected chi connectivity index (χ2v) is 4.89. The van der Waals surface area contributed by atoms with E-state index in [2.05, 4.69) is 22.5 Å². The molecule has 114 valence electrons. The highest BCUT2D eigenvalue weighted by molar-refractivity contribution is 5.86. The van der Waals surface area contributed by atoms with Gasteiger partial charge in [0.2, 0.25) is 0 Å². The molecular weight excluding hydrogens is 266 g/mol. The SMILES string of the molecule is CCN1CCC(CNC(=O)NC(CC(=O)O)C(=O)O)C1. The molecule has 8 heteroatoms. The number of carbonyl (C=O) groups is 3. The molecule has 20 heavy (non-hydrogen) atoms. The normalized spacial score (nSPS) is 20.4. The molecule has 0 radical (unpaired) electrons. The molecule has 0 saturated carbocycles. The molecule has 2 amide bonds. The second-order valence-electron chi connectivity index (χ2n) is 4.89. The summed E-state index contributed by atoms with van der Waals surface area (Å²) in [4.78, 5) is 35.1. The third-order valence-electron chi connectivity index (χ3n) is 3.35. The van der Waals surface area contributed by atoms with Crippen molar-refractivity contribution in [1.82, 2.24) is 15.5 Å². The van der Waals surface area contributed by atoms with Crippen LogP contribution in [0.3, 0.4) is 0 Å². The van der Waals surface area contributed by atoms with Gasteiger partial charge in [0.1, 0.15) is 6.04 Å². The summed E-state index contributed by atoms with van der Waals surface area (Å²) in [5.41, 5.74) is 0. The van der Waals surface area contributed by atoms with Gasteiger partial charge < -0.3 is 25.7 Å². The first kappa shape index (κ1) is 16.2. The van der Waals surface area contributed by atoms with Crippen LogP contribution >= 0.6 is 0 Å². The van der Waals surface area contributed by atoms with Crippen LogP contribution in [0.25, 0.3) is 0 Å². The summed E-state index contributed by atoms with van der Waals surface area (Å²) in [6, 6.07) is -2.06. The van der Waals surface area contributed by atoms with Crippen molar-refractivity contribution in [2.75, 3.05) is 26.2 Å². The molecule has 0 aromatic heterocycles. The van der Waals surface area contributed by atoms with Crippen molar-refractivity contribution in [1.29, 1.82) is 0 Å². The van der Waals surface area contributed by atoms with Crippen molar-refractivity contribution < 1.29 is 24.6 Å². The first-order valence-corrected chi connectivity index (χ1v) is 6.63. The van der Waals surface area contributed by atoms with E-state index in [4.69, 9.17) is 10.2 Å². The molecule has 0 aliphatic carbocycles. The zero-order chi connectivity index (χ0) is 15.1. The van der Waals surface area contributed by atoms with Crippen LogP contribution in [-0.4, -0.2) is 65.3 Å². The number of carboxylic acids is 2. The molecule has 0 spiro atoms. The summed E-state index contributed by atoms with van der Waals surface area (Å²) in [5, 5.41) is 22.1. The van der Waals surface area contributed by atoms with Gasteiger partial charge in [0, 0.05) is 13.1 Å². The van der Waals surface area contributed by atoms with Crippen molar-refractivity contribution >= 4 is 18.0 Å². The molecule has 2 unspecified atom stereocenters. The van der Waals surface area contributed by atoms with Gasteiger partial charge in [-0.2, -0.15) is 0 Å². The Kier molecular flexibility index (Phi) is 6.23. The van der Waals surface area contributed by atoms with Crippen LogP contribution in [0.4, 0.5) is 4.79 Å². The molecule has 1 saturated heterocycles. The van der Waals surface area contributed by atoms with Gasteiger partial charge in [-0.15, -0.1) is 0 Å². The zero-order valence-electron chi connectivity index (χ0n) is 11.5. The first-order chi connectivity index (χ1) is 9.42. The lowest BCUT2D eigenvalue weighted by Crippen LogP contribution is -2.48. The number of aliphatic carboxylic acids is 2. The number of urea groups is 1. The summed E-state index contributed by atoms with van der Waals surface area (Å²) in [6.07, 6.45) is 0.349. The number of nitrogens with one attached hydrogen (secondary N) is 2. The maximum absolute atomic E-state index is 11.6. The minimum absolute atomic E-state index is 0.350. The van der Waals surface area contributed by atoms with E-state index in [9.17, 15) is 14.4 Å². The molecule has 1 heterocycles. The molecule has 4 N–H and O–H groups in total. The molecular formula is C12H21N3O5. The molecule has 0 aromatic rings. The highest BCUT2D eigenvalue weighted by Gasteiger charge is 2.24. The Hall–Kier alpha value is -1.83. The van der Waals surface area contributed by atoms with Gasteiger partial charge in [-0.3, -0.25) is 4.79 Å². The Morgan fingerprint density at radius 1 is 1.35 bits per heavy atom. The highest BCUT2D eigenvalue weighted by Crippen LogP contribution is 2.14. The van der Waals surface area contributed by atoms with Crippen molar-refractivity contribution in [3.8, 4) is 0 Å². The standard InChI is InChI=1S/C12H21N3O5/c1-2-15-4-3-8(7-15)6-13-12(20)14-9(11(18)19)5-10(16)17/h8-9H,2-7H2,1H3,(H,16,17)(H,18,19)(H2,13,14,20). The molecule has 1 aliphatic rings. The second kappa shape index (κ2) is 7.68. The average molecular weight is 287 g/mol. The molecule has 1 rings (SSSR count). The van der Waals surface area contributed by atoms with E-state index in [1.807, 2.05) is 0 Å². The smallest absolute Gasteiger partial charge is 0.326 e. The van der Waals surface area contributed by atoms with E-state index in [0.29, 0.717) is 12.5 Å². The predicted octanol–water partition coefficient (Wildman–Crippen LogP) is -0.445. The van der Waals surface area contributed by atoms with Crippen LogP contribution in [0.5, 0.6) is 0 Å². The molecule has 1 aliphatic heterocycles. The fourth-order valence-electron chi connectivity index (χ4n) is 2.19. The summed E-state index contributed by atoms with van der Waals surface area (Å²) >= 11 is 0. The summed E-state index contributed by atoms with van der Waals surface area (Å²) < 4.78 is 0. The lowest BCUT2D eigenvalue weighted by Gasteiger charge is -2.16. The van der Waals surface area contributed by atoms with Crippen molar-refractivity contribution in [2.24, 2.45) is 5.92 Å². The van der Waals surface area contributed by atoms with E-state index in [-0.39, 0.29) is 0 Å². The van der Waals surface area contributed by atoms with Crippen LogP contribution in [0.15, 0.2) is 0 Å². The lowest BCUT2D eigenvalue weighted by molar-refractivity contribution is -0.145. The average Bonchev–Trinajstić information content (AvgIpc) is 2.83. The van der Waals surface area contributed by atoms with Gasteiger partial charge in [-0.05, 0) is 25.4 Å². The Morgan fingerprint density at radius 2 is 2.05 bits per heavy atom. The highest BCUT2D eigenvalue weighted by atomic mass is 16.4. The van der Waals surface area contributed by atoms with Crippen molar-refractivity contribution in [3.05, 3.63) is 0 Å². The Labute approximate surface area is 117 Å². The number of nitrogens with zero attached hydrogens (tertiary/aromatic N) is 1. The maximum atomic E-state index is 11.6. The number of amides is 2. The van der Waals surface area contributed by atoms with Crippen molar-refractivity contribution in [3.63, 3.8) is 0 Å². The quantitative estimate of drug-likeness (QED) is 0.504. The van der Waals surface area contributed by atoms with E-state index < -0.39 is 30.4 Å². The van der Waals surface area contributed by atoms with Gasteiger partial charge in [0.25, 0.3) is 0 Å². The van der Waals surface area contributed by atoms with Gasteiger partial charge in [-0.25, -0.2) is 9.59 Å².